The summed E-state index contributed by atoms with van der Waals surface area (Å²) in [5.74, 6) is 0. The fourth-order valence-corrected chi connectivity index (χ4v) is 0.394. The Bertz CT molecular complexity index is 88.5. The number of hydrogen-bond acceptors (Lipinski definition) is 1. The van der Waals surface area contributed by atoms with Crippen molar-refractivity contribution in [2.24, 2.45) is 0 Å². The van der Waals surface area contributed by atoms with Gasteiger partial charge < -0.3 is 5.32 Å². The lowest BCUT2D eigenvalue weighted by Crippen LogP contribution is -2.19. The van der Waals surface area contributed by atoms with Crippen molar-refractivity contribution in [3.63, 3.8) is 0 Å². The van der Waals surface area contributed by atoms with Crippen molar-refractivity contribution < 1.29 is 0 Å². The monoisotopic (exact) mass is 129 g/mol. The van der Waals surface area contributed by atoms with Gasteiger partial charge in [0.05, 0.1) is 4.99 Å². The van der Waals surface area contributed by atoms with E-state index in [-0.39, 0.29) is 0 Å². The van der Waals surface area contributed by atoms with Crippen molar-refractivity contribution in [3.8, 4) is 0 Å². The van der Waals surface area contributed by atoms with Gasteiger partial charge >= 0.3 is 0 Å². The van der Waals surface area contributed by atoms with E-state index in [9.17, 15) is 0 Å². The van der Waals surface area contributed by atoms with Crippen LogP contribution in [0.25, 0.3) is 0 Å². The summed E-state index contributed by atoms with van der Waals surface area (Å²) in [6.07, 6.45) is 2.71. The molecule has 0 heterocycles. The molecule has 0 bridgehead atoms. The Balaban J connectivity index is 3.11. The molecule has 0 aliphatic carbocycles. The Kier molecular flexibility index (Phi) is 4.56. The molecule has 0 saturated carbocycles. The summed E-state index contributed by atoms with van der Waals surface area (Å²) in [5.41, 5.74) is 0. The maximum atomic E-state index is 4.86. The summed E-state index contributed by atoms with van der Waals surface area (Å²) in [6.45, 7) is 6.36. The van der Waals surface area contributed by atoms with Crippen LogP contribution in [-0.4, -0.2) is 11.5 Å². The Labute approximate surface area is 55.8 Å². The van der Waals surface area contributed by atoms with E-state index >= 15 is 0 Å². The third-order valence-corrected chi connectivity index (χ3v) is 1.20. The van der Waals surface area contributed by atoms with Gasteiger partial charge in [-0.05, 0) is 6.42 Å². The topological polar surface area (TPSA) is 12.0 Å². The molecular formula is C6H11NS. The predicted molar refractivity (Wildman–Crippen MR) is 41.1 cm³/mol. The molecule has 1 nitrogen and oxygen atoms in total. The zero-order valence-corrected chi connectivity index (χ0v) is 5.92. The van der Waals surface area contributed by atoms with E-state index in [2.05, 4.69) is 11.9 Å². The lowest BCUT2D eigenvalue weighted by Gasteiger charge is -1.98. The van der Waals surface area contributed by atoms with Crippen LogP contribution in [0.2, 0.25) is 0 Å². The fraction of sp³-hybridized carbons (Fsp3) is 0.500. The highest BCUT2D eigenvalue weighted by Crippen LogP contribution is 1.77. The first-order valence-corrected chi connectivity index (χ1v) is 3.09. The Morgan fingerprint density at radius 2 is 2.50 bits per heavy atom. The van der Waals surface area contributed by atoms with Crippen molar-refractivity contribution in [1.82, 2.24) is 5.32 Å². The van der Waals surface area contributed by atoms with E-state index in [4.69, 9.17) is 12.2 Å². The molecular weight excluding hydrogens is 118 g/mol. The van der Waals surface area contributed by atoms with Gasteiger partial charge in [-0.2, -0.15) is 0 Å². The van der Waals surface area contributed by atoms with Crippen molar-refractivity contribution >= 4 is 17.2 Å². The molecule has 0 rings (SSSR count). The maximum absolute atomic E-state index is 4.86. The van der Waals surface area contributed by atoms with Crippen molar-refractivity contribution in [2.75, 3.05) is 6.54 Å². The van der Waals surface area contributed by atoms with Gasteiger partial charge in [0.1, 0.15) is 0 Å². The van der Waals surface area contributed by atoms with Crippen LogP contribution in [0, 0.1) is 0 Å². The van der Waals surface area contributed by atoms with Crippen LogP contribution in [0.4, 0.5) is 0 Å². The highest BCUT2D eigenvalue weighted by atomic mass is 32.1. The first kappa shape index (κ1) is 7.63. The maximum Gasteiger partial charge on any atom is 0.0753 e. The summed E-state index contributed by atoms with van der Waals surface area (Å²) in [7, 11) is 0. The molecule has 0 fully saturated rings. The third kappa shape index (κ3) is 3.81. The van der Waals surface area contributed by atoms with Gasteiger partial charge in [0.2, 0.25) is 0 Å². The van der Waals surface area contributed by atoms with Crippen LogP contribution in [0.3, 0.4) is 0 Å². The largest absolute Gasteiger partial charge is 0.376 e. The van der Waals surface area contributed by atoms with E-state index in [0.717, 1.165) is 18.0 Å². The van der Waals surface area contributed by atoms with Crippen LogP contribution in [0.5, 0.6) is 0 Å². The van der Waals surface area contributed by atoms with Crippen molar-refractivity contribution in [2.45, 2.75) is 13.3 Å². The molecule has 46 valence electrons. The number of nitrogens with one attached hydrogen (secondary N) is 1. The van der Waals surface area contributed by atoms with Crippen molar-refractivity contribution in [3.05, 3.63) is 12.7 Å². The lowest BCUT2D eigenvalue weighted by atomic mass is 10.5. The zero-order chi connectivity index (χ0) is 6.41. The van der Waals surface area contributed by atoms with E-state index in [0.29, 0.717) is 0 Å². The normalized spacial score (nSPS) is 8.12. The Hall–Kier alpha value is -0.370. The number of rotatable bonds is 3. The van der Waals surface area contributed by atoms with Gasteiger partial charge in [0.15, 0.2) is 0 Å². The Morgan fingerprint density at radius 3 is 2.88 bits per heavy atom. The average molecular weight is 129 g/mol. The van der Waals surface area contributed by atoms with Gasteiger partial charge in [0, 0.05) is 6.54 Å². The highest BCUT2D eigenvalue weighted by Gasteiger charge is 1.84. The van der Waals surface area contributed by atoms with E-state index in [1.807, 2.05) is 6.92 Å². The SMILES string of the molecule is C=CCNC(=S)CC. The molecule has 0 aromatic rings. The highest BCUT2D eigenvalue weighted by molar-refractivity contribution is 7.80. The quantitative estimate of drug-likeness (QED) is 0.458. The van der Waals surface area contributed by atoms with E-state index in [1.54, 1.807) is 6.08 Å². The summed E-state index contributed by atoms with van der Waals surface area (Å²) >= 11 is 4.86. The van der Waals surface area contributed by atoms with Gasteiger partial charge in [0.25, 0.3) is 0 Å². The van der Waals surface area contributed by atoms with Crippen LogP contribution >= 0.6 is 12.2 Å². The van der Waals surface area contributed by atoms with Gasteiger partial charge in [-0.3, -0.25) is 0 Å². The third-order valence-electron chi connectivity index (χ3n) is 0.765. The molecule has 0 unspecified atom stereocenters. The summed E-state index contributed by atoms with van der Waals surface area (Å²) < 4.78 is 0. The van der Waals surface area contributed by atoms with E-state index < -0.39 is 0 Å². The minimum absolute atomic E-state index is 0.784. The van der Waals surface area contributed by atoms with Gasteiger partial charge in [-0.25, -0.2) is 0 Å². The molecule has 1 N–H and O–H groups in total. The van der Waals surface area contributed by atoms with Gasteiger partial charge in [-0.1, -0.05) is 25.2 Å². The second-order valence-electron chi connectivity index (χ2n) is 1.45. The molecule has 0 aliphatic heterocycles. The molecule has 0 aliphatic rings. The second-order valence-corrected chi connectivity index (χ2v) is 1.94. The molecule has 0 aromatic heterocycles. The first-order chi connectivity index (χ1) is 3.81. The Morgan fingerprint density at radius 1 is 1.88 bits per heavy atom. The standard InChI is InChI=1S/C6H11NS/c1-3-5-7-6(8)4-2/h3H,1,4-5H2,2H3,(H,7,8). The molecule has 8 heavy (non-hydrogen) atoms. The van der Waals surface area contributed by atoms with Crippen LogP contribution < -0.4 is 5.32 Å². The molecule has 0 saturated heterocycles. The molecule has 2 heteroatoms. The molecule has 0 aromatic carbocycles. The molecule has 0 radical (unpaired) electrons. The first-order valence-electron chi connectivity index (χ1n) is 2.68. The second kappa shape index (κ2) is 4.78. The average Bonchev–Trinajstić information content (AvgIpc) is 1.83. The van der Waals surface area contributed by atoms with Gasteiger partial charge in [-0.15, -0.1) is 6.58 Å². The number of thiocarbonyl (C=S) groups is 1. The van der Waals surface area contributed by atoms with Crippen LogP contribution in [0.15, 0.2) is 12.7 Å². The summed E-state index contributed by atoms with van der Waals surface area (Å²) in [6, 6.07) is 0. The van der Waals surface area contributed by atoms with E-state index in [1.165, 1.54) is 0 Å². The summed E-state index contributed by atoms with van der Waals surface area (Å²) in [4.78, 5) is 0.907. The minimum Gasteiger partial charge on any atom is -0.376 e. The fourth-order valence-electron chi connectivity index (χ4n) is 0.311. The smallest absolute Gasteiger partial charge is 0.0753 e. The molecule has 0 atom stereocenters. The molecule has 0 amide bonds. The summed E-state index contributed by atoms with van der Waals surface area (Å²) in [5, 5.41) is 3.00. The number of hydrogen-bond donors (Lipinski definition) is 1. The zero-order valence-electron chi connectivity index (χ0n) is 5.11. The van der Waals surface area contributed by atoms with Crippen LogP contribution in [0.1, 0.15) is 13.3 Å². The molecule has 0 spiro atoms. The lowest BCUT2D eigenvalue weighted by molar-refractivity contribution is 1.02. The van der Waals surface area contributed by atoms with Crippen molar-refractivity contribution in [1.29, 1.82) is 0 Å². The predicted octanol–water partition coefficient (Wildman–Crippen LogP) is 1.50. The van der Waals surface area contributed by atoms with Crippen LogP contribution in [-0.2, 0) is 0 Å². The minimum atomic E-state index is 0.784.